The molecule has 6 aromatic carbocycles. The van der Waals surface area contributed by atoms with Gasteiger partial charge in [-0.25, -0.2) is 9.97 Å². The number of rotatable bonds is 13. The van der Waals surface area contributed by atoms with E-state index in [2.05, 4.69) is 109 Å². The minimum absolute atomic E-state index is 0.0261. The fourth-order valence-corrected chi connectivity index (χ4v) is 10.3. The molecule has 67 heavy (non-hydrogen) atoms. The van der Waals surface area contributed by atoms with E-state index < -0.39 is 0 Å². The first-order valence-electron chi connectivity index (χ1n) is 23.8. The Hall–Kier alpha value is -5.97. The molecule has 2 saturated heterocycles. The minimum atomic E-state index is -0.0261. The first-order valence-corrected chi connectivity index (χ1v) is 24.6. The van der Waals surface area contributed by atoms with Crippen molar-refractivity contribution in [3.8, 4) is 22.8 Å². The van der Waals surface area contributed by atoms with Crippen LogP contribution in [0.1, 0.15) is 68.4 Å². The number of aryl methyl sites for hydroxylation is 2. The number of fused-ring (bicyclic) bond motifs is 2. The van der Waals surface area contributed by atoms with Gasteiger partial charge in [0.1, 0.15) is 11.6 Å². The normalized spacial score (nSPS) is 15.1. The molecule has 0 unspecified atom stereocenters. The number of hydrogen-bond acceptors (Lipinski definition) is 6. The molecular weight excluding hydrogens is 872 g/mol. The molecule has 2 aliphatic rings. The van der Waals surface area contributed by atoms with Crippen LogP contribution in [0.25, 0.3) is 44.8 Å². The lowest BCUT2D eigenvalue weighted by atomic mass is 9.89. The van der Waals surface area contributed by atoms with Crippen LogP contribution in [0.15, 0.2) is 146 Å². The summed E-state index contributed by atoms with van der Waals surface area (Å²) in [6, 6.07) is 49.4. The molecule has 2 aromatic heterocycles. The lowest BCUT2D eigenvalue weighted by Crippen LogP contribution is -2.34. The van der Waals surface area contributed by atoms with Crippen LogP contribution in [0.5, 0.6) is 0 Å². The zero-order valence-corrected chi connectivity index (χ0v) is 39.8. The zero-order valence-electron chi connectivity index (χ0n) is 38.3. The quantitative estimate of drug-likeness (QED) is 0.112. The van der Waals surface area contributed by atoms with E-state index in [1.807, 2.05) is 60.7 Å². The second kappa shape index (κ2) is 21.8. The van der Waals surface area contributed by atoms with Crippen molar-refractivity contribution in [1.82, 2.24) is 28.9 Å². The second-order valence-electron chi connectivity index (χ2n) is 18.1. The number of nitrogens with one attached hydrogen (secondary N) is 1. The Morgan fingerprint density at radius 3 is 1.48 bits per heavy atom. The maximum Gasteiger partial charge on any atom is 0.221 e. The van der Waals surface area contributed by atoms with Gasteiger partial charge in [0.2, 0.25) is 5.91 Å². The summed E-state index contributed by atoms with van der Waals surface area (Å²) in [5.41, 5.74) is 17.1. The molecule has 8 aromatic rings. The van der Waals surface area contributed by atoms with Gasteiger partial charge in [-0.3, -0.25) is 4.79 Å². The van der Waals surface area contributed by atoms with Gasteiger partial charge in [0.15, 0.2) is 0 Å². The molecule has 344 valence electrons. The van der Waals surface area contributed by atoms with E-state index in [-0.39, 0.29) is 5.91 Å². The largest absolute Gasteiger partial charge is 0.399 e. The molecule has 0 aliphatic carbocycles. The van der Waals surface area contributed by atoms with Gasteiger partial charge in [-0.15, -0.1) is 0 Å². The van der Waals surface area contributed by atoms with E-state index in [1.54, 1.807) is 6.92 Å². The summed E-state index contributed by atoms with van der Waals surface area (Å²) in [5, 5.41) is 4.39. The molecule has 4 heterocycles. The smallest absolute Gasteiger partial charge is 0.221 e. The maximum absolute atomic E-state index is 11.4. The average Bonchev–Trinajstić information content (AvgIpc) is 3.91. The fourth-order valence-electron chi connectivity index (χ4n) is 10.0. The third kappa shape index (κ3) is 11.6. The van der Waals surface area contributed by atoms with Crippen LogP contribution >= 0.6 is 23.2 Å². The van der Waals surface area contributed by atoms with Crippen LogP contribution in [0, 0.1) is 0 Å². The molecule has 0 bridgehead atoms. The number of nitrogens with two attached hydrogens (primary N) is 1. The second-order valence-corrected chi connectivity index (χ2v) is 19.0. The summed E-state index contributed by atoms with van der Waals surface area (Å²) in [5.74, 6) is 3.17. The summed E-state index contributed by atoms with van der Waals surface area (Å²) >= 11 is 12.2. The Bertz CT molecular complexity index is 2890. The maximum atomic E-state index is 11.4. The van der Waals surface area contributed by atoms with E-state index in [4.69, 9.17) is 38.9 Å². The van der Waals surface area contributed by atoms with Crippen LogP contribution in [-0.4, -0.2) is 74.1 Å². The number of halogens is 2. The summed E-state index contributed by atoms with van der Waals surface area (Å²) in [6.45, 7) is 10.1. The van der Waals surface area contributed by atoms with Gasteiger partial charge < -0.3 is 30.0 Å². The minimum Gasteiger partial charge on any atom is -0.399 e. The molecule has 0 spiro atoms. The SMILES string of the molecule is CC(=O)Nc1cccc(C2CCN(CCCn3c(-c4ccc(Cl)cc4)nc4ccccc43)CC2)c1.Nc1cccc(C2CCN(CCCn3c(-c4ccc(Cl)cc4)nc4ccccc43)CC2)c1. The topological polar surface area (TPSA) is 97.2 Å². The van der Waals surface area contributed by atoms with Crippen LogP contribution in [-0.2, 0) is 17.9 Å². The summed E-state index contributed by atoms with van der Waals surface area (Å²) in [4.78, 5) is 26.4. The molecule has 0 radical (unpaired) electrons. The number of amides is 1. The molecule has 9 nitrogen and oxygen atoms in total. The summed E-state index contributed by atoms with van der Waals surface area (Å²) in [6.07, 6.45) is 6.87. The monoisotopic (exact) mass is 930 g/mol. The standard InChI is InChI=1S/C29H31ClN4O.C27H29ClN4/c1-21(35)31-26-7-4-6-24(20-26)22-14-18-33(19-15-22)16-5-17-34-28-9-3-2-8-27(28)32-29(34)23-10-12-25(30)13-11-23;28-23-11-9-21(10-12-23)27-30-25-7-1-2-8-26(25)32(27)16-4-15-31-17-13-20(14-18-31)22-5-3-6-24(29)19-22/h2-4,6-13,20,22H,5,14-19H2,1H3,(H,31,35);1-3,5-12,19-20H,4,13-18,29H2. The molecule has 1 amide bonds. The Kier molecular flexibility index (Phi) is 15.0. The number of nitrogens with zero attached hydrogens (tertiary/aromatic N) is 6. The number of imidazole rings is 2. The third-order valence-corrected chi connectivity index (χ3v) is 14.0. The highest BCUT2D eigenvalue weighted by Gasteiger charge is 2.23. The van der Waals surface area contributed by atoms with E-state index in [9.17, 15) is 4.79 Å². The summed E-state index contributed by atoms with van der Waals surface area (Å²) in [7, 11) is 0. The van der Waals surface area contributed by atoms with Crippen molar-refractivity contribution < 1.29 is 4.79 Å². The third-order valence-electron chi connectivity index (χ3n) is 13.5. The van der Waals surface area contributed by atoms with Gasteiger partial charge in [0.05, 0.1) is 22.1 Å². The average molecular weight is 932 g/mol. The van der Waals surface area contributed by atoms with Crippen molar-refractivity contribution in [1.29, 1.82) is 0 Å². The summed E-state index contributed by atoms with van der Waals surface area (Å²) < 4.78 is 4.71. The van der Waals surface area contributed by atoms with E-state index in [0.29, 0.717) is 11.8 Å². The Morgan fingerprint density at radius 1 is 0.567 bits per heavy atom. The highest BCUT2D eigenvalue weighted by atomic mass is 35.5. The van der Waals surface area contributed by atoms with E-state index in [1.165, 1.54) is 35.0 Å². The molecule has 10 rings (SSSR count). The van der Waals surface area contributed by atoms with E-state index in [0.717, 1.165) is 133 Å². The van der Waals surface area contributed by atoms with Crippen molar-refractivity contribution in [3.05, 3.63) is 167 Å². The number of carbonyl (C=O) groups excluding carboxylic acids is 1. The Morgan fingerprint density at radius 2 is 1.01 bits per heavy atom. The van der Waals surface area contributed by atoms with Crippen molar-refractivity contribution in [2.24, 2.45) is 0 Å². The molecule has 2 fully saturated rings. The molecular formula is C56H60Cl2N8O. The lowest BCUT2D eigenvalue weighted by molar-refractivity contribution is -0.114. The number of benzene rings is 6. The molecule has 2 aliphatic heterocycles. The van der Waals surface area contributed by atoms with Crippen LogP contribution in [0.3, 0.4) is 0 Å². The van der Waals surface area contributed by atoms with Gasteiger partial charge in [0.25, 0.3) is 0 Å². The number of hydrogen-bond donors (Lipinski definition) is 2. The molecule has 3 N–H and O–H groups in total. The Labute approximate surface area is 404 Å². The highest BCUT2D eigenvalue weighted by Crippen LogP contribution is 2.32. The first kappa shape index (κ1) is 46.2. The van der Waals surface area contributed by atoms with Gasteiger partial charge in [-0.1, -0.05) is 71.7 Å². The van der Waals surface area contributed by atoms with Gasteiger partial charge >= 0.3 is 0 Å². The van der Waals surface area contributed by atoms with Crippen LogP contribution < -0.4 is 11.1 Å². The van der Waals surface area contributed by atoms with Crippen LogP contribution in [0.4, 0.5) is 11.4 Å². The van der Waals surface area contributed by atoms with Crippen molar-refractivity contribution in [2.45, 2.75) is 70.4 Å². The number of likely N-dealkylation sites (tertiary alicyclic amines) is 2. The number of anilines is 2. The predicted octanol–water partition coefficient (Wildman–Crippen LogP) is 12.8. The molecule has 0 saturated carbocycles. The predicted molar refractivity (Wildman–Crippen MR) is 278 cm³/mol. The zero-order chi connectivity index (χ0) is 46.1. The van der Waals surface area contributed by atoms with Gasteiger partial charge in [-0.05, 0) is 198 Å². The number of para-hydroxylation sites is 4. The van der Waals surface area contributed by atoms with E-state index >= 15 is 0 Å². The van der Waals surface area contributed by atoms with Gasteiger partial charge in [0, 0.05) is 52.6 Å². The molecule has 0 atom stereocenters. The number of aromatic nitrogens is 4. The number of nitrogen functional groups attached to an aromatic ring is 1. The van der Waals surface area contributed by atoms with Crippen molar-refractivity contribution >= 4 is 62.6 Å². The lowest BCUT2D eigenvalue weighted by Gasteiger charge is -2.32. The Balaban J connectivity index is 0.000000169. The number of piperidine rings is 2. The van der Waals surface area contributed by atoms with Gasteiger partial charge in [-0.2, -0.15) is 0 Å². The fraction of sp³-hybridized carbons (Fsp3) is 0.304. The molecule has 11 heteroatoms. The number of carbonyl (C=O) groups is 1. The first-order chi connectivity index (χ1) is 32.7. The van der Waals surface area contributed by atoms with Crippen LogP contribution in [0.2, 0.25) is 10.0 Å². The van der Waals surface area contributed by atoms with Crippen molar-refractivity contribution in [2.75, 3.05) is 50.3 Å². The highest BCUT2D eigenvalue weighted by molar-refractivity contribution is 6.31. The van der Waals surface area contributed by atoms with Crippen molar-refractivity contribution in [3.63, 3.8) is 0 Å².